The Morgan fingerprint density at radius 3 is 2.18 bits per heavy atom. The van der Waals surface area contributed by atoms with Gasteiger partial charge in [0, 0.05) is 11.1 Å². The van der Waals surface area contributed by atoms with E-state index in [1.807, 2.05) is 31.2 Å². The molecule has 0 spiro atoms. The standard InChI is InChI=1S/C17H18ClNO2S/c1-12-2-10-16(11-3-12)22(20,21)19-17(13-4-5-13)14-6-8-15(18)9-7-14/h2-3,6-11,13,17,19H,4-5H2,1H3. The van der Waals surface area contributed by atoms with E-state index in [9.17, 15) is 8.42 Å². The molecule has 5 heteroatoms. The number of halogens is 1. The Hall–Kier alpha value is -1.36. The van der Waals surface area contributed by atoms with E-state index in [4.69, 9.17) is 11.6 Å². The first-order valence-electron chi connectivity index (χ1n) is 7.30. The van der Waals surface area contributed by atoms with Crippen LogP contribution >= 0.6 is 11.6 Å². The van der Waals surface area contributed by atoms with Crippen LogP contribution in [0.25, 0.3) is 0 Å². The first kappa shape index (κ1) is 15.5. The third-order valence-electron chi connectivity index (χ3n) is 3.94. The van der Waals surface area contributed by atoms with Gasteiger partial charge in [0.05, 0.1) is 4.90 Å². The molecule has 3 rings (SSSR count). The van der Waals surface area contributed by atoms with Gasteiger partial charge in [-0.05, 0) is 55.5 Å². The fraction of sp³-hybridized carbons (Fsp3) is 0.294. The van der Waals surface area contributed by atoms with Gasteiger partial charge in [0.15, 0.2) is 0 Å². The third-order valence-corrected chi connectivity index (χ3v) is 5.64. The van der Waals surface area contributed by atoms with Crippen molar-refractivity contribution >= 4 is 21.6 Å². The Bertz CT molecular complexity index is 750. The number of rotatable bonds is 5. The lowest BCUT2D eigenvalue weighted by molar-refractivity contribution is 0.529. The van der Waals surface area contributed by atoms with Crippen LogP contribution < -0.4 is 4.72 Å². The lowest BCUT2D eigenvalue weighted by Gasteiger charge is -2.19. The second kappa shape index (κ2) is 6.03. The monoisotopic (exact) mass is 335 g/mol. The molecule has 0 aliphatic heterocycles. The molecule has 2 aromatic rings. The fourth-order valence-electron chi connectivity index (χ4n) is 2.49. The molecule has 1 atom stereocenters. The molecule has 0 radical (unpaired) electrons. The quantitative estimate of drug-likeness (QED) is 0.895. The van der Waals surface area contributed by atoms with Crippen molar-refractivity contribution in [1.82, 2.24) is 4.72 Å². The minimum Gasteiger partial charge on any atom is -0.207 e. The van der Waals surface area contributed by atoms with Crippen LogP contribution in [0.2, 0.25) is 5.02 Å². The lowest BCUT2D eigenvalue weighted by atomic mass is 10.0. The molecule has 1 saturated carbocycles. The highest BCUT2D eigenvalue weighted by atomic mass is 35.5. The van der Waals surface area contributed by atoms with E-state index in [2.05, 4.69) is 4.72 Å². The molecule has 2 aromatic carbocycles. The summed E-state index contributed by atoms with van der Waals surface area (Å²) >= 11 is 5.92. The Morgan fingerprint density at radius 2 is 1.64 bits per heavy atom. The lowest BCUT2D eigenvalue weighted by Crippen LogP contribution is -2.30. The number of aryl methyl sites for hydroxylation is 1. The molecule has 0 bridgehead atoms. The number of hydrogen-bond acceptors (Lipinski definition) is 2. The molecule has 1 fully saturated rings. The SMILES string of the molecule is Cc1ccc(S(=O)(=O)NC(c2ccc(Cl)cc2)C2CC2)cc1. The normalized spacial score (nSPS) is 16.5. The van der Waals surface area contributed by atoms with Gasteiger partial charge in [0.1, 0.15) is 0 Å². The highest BCUT2D eigenvalue weighted by Crippen LogP contribution is 2.42. The van der Waals surface area contributed by atoms with Gasteiger partial charge in [-0.2, -0.15) is 0 Å². The summed E-state index contributed by atoms with van der Waals surface area (Å²) in [5.41, 5.74) is 2.00. The molecule has 0 aromatic heterocycles. The summed E-state index contributed by atoms with van der Waals surface area (Å²) in [6.45, 7) is 1.94. The minimum absolute atomic E-state index is 0.191. The maximum atomic E-state index is 12.6. The van der Waals surface area contributed by atoms with Crippen LogP contribution in [-0.2, 0) is 10.0 Å². The molecule has 1 unspecified atom stereocenters. The first-order valence-corrected chi connectivity index (χ1v) is 9.16. The van der Waals surface area contributed by atoms with Crippen LogP contribution in [0.5, 0.6) is 0 Å². The Kier molecular flexibility index (Phi) is 4.26. The van der Waals surface area contributed by atoms with Crippen molar-refractivity contribution in [2.24, 2.45) is 5.92 Å². The van der Waals surface area contributed by atoms with Crippen molar-refractivity contribution in [2.75, 3.05) is 0 Å². The second-order valence-electron chi connectivity index (χ2n) is 5.80. The van der Waals surface area contributed by atoms with Crippen molar-refractivity contribution in [3.05, 3.63) is 64.7 Å². The molecule has 3 nitrogen and oxygen atoms in total. The number of sulfonamides is 1. The number of benzene rings is 2. The zero-order valence-corrected chi connectivity index (χ0v) is 13.9. The summed E-state index contributed by atoms with van der Waals surface area (Å²) in [6.07, 6.45) is 2.09. The van der Waals surface area contributed by atoms with E-state index in [1.165, 1.54) is 0 Å². The fourth-order valence-corrected chi connectivity index (χ4v) is 3.91. The predicted octanol–water partition coefficient (Wildman–Crippen LogP) is 4.08. The molecule has 0 heterocycles. The summed E-state index contributed by atoms with van der Waals surface area (Å²) in [4.78, 5) is 0.303. The van der Waals surface area contributed by atoms with Crippen LogP contribution in [0.4, 0.5) is 0 Å². The predicted molar refractivity (Wildman–Crippen MR) is 88.4 cm³/mol. The van der Waals surface area contributed by atoms with Crippen molar-refractivity contribution in [1.29, 1.82) is 0 Å². The van der Waals surface area contributed by atoms with Crippen LogP contribution in [0.1, 0.15) is 30.0 Å². The summed E-state index contributed by atoms with van der Waals surface area (Å²) < 4.78 is 28.0. The van der Waals surface area contributed by atoms with Crippen LogP contribution in [0.3, 0.4) is 0 Å². The summed E-state index contributed by atoms with van der Waals surface area (Å²) in [7, 11) is -3.52. The summed E-state index contributed by atoms with van der Waals surface area (Å²) in [6, 6.07) is 14.1. The van der Waals surface area contributed by atoms with E-state index in [0.717, 1.165) is 24.0 Å². The van der Waals surface area contributed by atoms with Crippen molar-refractivity contribution < 1.29 is 8.42 Å². The van der Waals surface area contributed by atoms with E-state index in [1.54, 1.807) is 24.3 Å². The van der Waals surface area contributed by atoms with Crippen molar-refractivity contribution in [2.45, 2.75) is 30.7 Å². The van der Waals surface area contributed by atoms with E-state index in [-0.39, 0.29) is 6.04 Å². The Labute approximate surface area is 136 Å². The molecule has 1 N–H and O–H groups in total. The highest BCUT2D eigenvalue weighted by Gasteiger charge is 2.35. The zero-order valence-electron chi connectivity index (χ0n) is 12.3. The topological polar surface area (TPSA) is 46.2 Å². The molecule has 1 aliphatic carbocycles. The van der Waals surface area contributed by atoms with Crippen molar-refractivity contribution in [3.63, 3.8) is 0 Å². The van der Waals surface area contributed by atoms with Gasteiger partial charge in [-0.15, -0.1) is 0 Å². The van der Waals surface area contributed by atoms with Gasteiger partial charge in [0.25, 0.3) is 0 Å². The molecular weight excluding hydrogens is 318 g/mol. The van der Waals surface area contributed by atoms with Gasteiger partial charge in [-0.3, -0.25) is 0 Å². The molecule has 116 valence electrons. The van der Waals surface area contributed by atoms with Gasteiger partial charge in [-0.1, -0.05) is 41.4 Å². The largest absolute Gasteiger partial charge is 0.241 e. The van der Waals surface area contributed by atoms with Gasteiger partial charge in [0.2, 0.25) is 10.0 Å². The molecule has 22 heavy (non-hydrogen) atoms. The average Bonchev–Trinajstić information content (AvgIpc) is 3.31. The zero-order chi connectivity index (χ0) is 15.7. The average molecular weight is 336 g/mol. The molecule has 0 saturated heterocycles. The molecule has 1 aliphatic rings. The van der Waals surface area contributed by atoms with E-state index < -0.39 is 10.0 Å². The molecule has 0 amide bonds. The Balaban J connectivity index is 1.87. The smallest absolute Gasteiger partial charge is 0.207 e. The van der Waals surface area contributed by atoms with Gasteiger partial charge >= 0.3 is 0 Å². The van der Waals surface area contributed by atoms with E-state index in [0.29, 0.717) is 15.8 Å². The summed E-state index contributed by atoms with van der Waals surface area (Å²) in [5, 5.41) is 0.652. The molecular formula is C17H18ClNO2S. The van der Waals surface area contributed by atoms with Crippen LogP contribution in [0.15, 0.2) is 53.4 Å². The highest BCUT2D eigenvalue weighted by molar-refractivity contribution is 7.89. The van der Waals surface area contributed by atoms with Gasteiger partial charge < -0.3 is 0 Å². The number of hydrogen-bond donors (Lipinski definition) is 1. The minimum atomic E-state index is -3.52. The Morgan fingerprint density at radius 1 is 1.05 bits per heavy atom. The van der Waals surface area contributed by atoms with Crippen LogP contribution in [-0.4, -0.2) is 8.42 Å². The first-order chi connectivity index (χ1) is 10.5. The van der Waals surface area contributed by atoms with Crippen molar-refractivity contribution in [3.8, 4) is 0 Å². The van der Waals surface area contributed by atoms with Gasteiger partial charge in [-0.25, -0.2) is 13.1 Å². The summed E-state index contributed by atoms with van der Waals surface area (Å²) in [5.74, 6) is 0.362. The second-order valence-corrected chi connectivity index (χ2v) is 7.95. The third kappa shape index (κ3) is 3.51. The number of nitrogens with one attached hydrogen (secondary N) is 1. The maximum absolute atomic E-state index is 12.6. The van der Waals surface area contributed by atoms with E-state index >= 15 is 0 Å². The maximum Gasteiger partial charge on any atom is 0.241 e. The van der Waals surface area contributed by atoms with Crippen LogP contribution in [0, 0.1) is 12.8 Å².